The van der Waals surface area contributed by atoms with Crippen LogP contribution in [-0.4, -0.2) is 34.2 Å². The van der Waals surface area contributed by atoms with E-state index < -0.39 is 24.1 Å². The second kappa shape index (κ2) is 4.23. The molecule has 0 aromatic carbocycles. The molecule has 18 heavy (non-hydrogen) atoms. The van der Waals surface area contributed by atoms with Crippen molar-refractivity contribution in [2.45, 2.75) is 25.1 Å². The summed E-state index contributed by atoms with van der Waals surface area (Å²) in [7, 11) is 0. The zero-order valence-corrected chi connectivity index (χ0v) is 9.59. The van der Waals surface area contributed by atoms with Gasteiger partial charge in [-0.15, -0.1) is 11.3 Å². The van der Waals surface area contributed by atoms with Crippen molar-refractivity contribution in [2.24, 2.45) is 0 Å². The SMILES string of the molecule is O=C(O)c1csc(N(C(=O)C(F)(F)F)C2CC2)n1. The van der Waals surface area contributed by atoms with E-state index in [1.54, 1.807) is 0 Å². The standard InChI is InChI=1S/C9H7F3N2O3S/c10-9(11,12)7(17)14(4-1-2-4)8-13-5(3-18-8)6(15)16/h3-4H,1-2H2,(H,15,16). The van der Waals surface area contributed by atoms with Gasteiger partial charge in [-0.25, -0.2) is 9.78 Å². The Hall–Kier alpha value is -1.64. The van der Waals surface area contributed by atoms with Gasteiger partial charge in [0.15, 0.2) is 10.8 Å². The van der Waals surface area contributed by atoms with Gasteiger partial charge >= 0.3 is 18.1 Å². The number of alkyl halides is 3. The molecule has 1 aromatic heterocycles. The van der Waals surface area contributed by atoms with Crippen LogP contribution in [0.5, 0.6) is 0 Å². The van der Waals surface area contributed by atoms with E-state index in [0.717, 1.165) is 5.38 Å². The number of carbonyl (C=O) groups is 2. The molecule has 0 bridgehead atoms. The number of rotatable bonds is 3. The highest BCUT2D eigenvalue weighted by Gasteiger charge is 2.48. The smallest absolute Gasteiger partial charge is 0.471 e. The molecule has 1 aliphatic carbocycles. The molecule has 1 aliphatic rings. The van der Waals surface area contributed by atoms with Gasteiger partial charge in [-0.2, -0.15) is 13.2 Å². The predicted molar refractivity (Wildman–Crippen MR) is 55.6 cm³/mol. The summed E-state index contributed by atoms with van der Waals surface area (Å²) in [5, 5.41) is 9.53. The number of thiazole rings is 1. The van der Waals surface area contributed by atoms with Crippen molar-refractivity contribution in [3.63, 3.8) is 0 Å². The molecule has 0 aliphatic heterocycles. The molecule has 1 amide bonds. The van der Waals surface area contributed by atoms with Gasteiger partial charge in [-0.1, -0.05) is 0 Å². The van der Waals surface area contributed by atoms with Crippen LogP contribution in [0.2, 0.25) is 0 Å². The van der Waals surface area contributed by atoms with Gasteiger partial charge in [0.25, 0.3) is 0 Å². The number of anilines is 1. The fraction of sp³-hybridized carbons (Fsp3) is 0.444. The fourth-order valence-electron chi connectivity index (χ4n) is 1.35. The summed E-state index contributed by atoms with van der Waals surface area (Å²) in [6, 6.07) is -0.535. The number of carboxylic acids is 1. The zero-order valence-electron chi connectivity index (χ0n) is 8.77. The molecule has 98 valence electrons. The summed E-state index contributed by atoms with van der Waals surface area (Å²) in [5.74, 6) is -3.34. The van der Waals surface area contributed by atoms with E-state index in [2.05, 4.69) is 4.98 Å². The minimum atomic E-state index is -4.99. The first-order valence-electron chi connectivity index (χ1n) is 4.90. The number of hydrogen-bond acceptors (Lipinski definition) is 4. The normalized spacial score (nSPS) is 15.5. The van der Waals surface area contributed by atoms with Crippen LogP contribution < -0.4 is 4.90 Å². The number of aromatic nitrogens is 1. The average molecular weight is 280 g/mol. The van der Waals surface area contributed by atoms with E-state index in [9.17, 15) is 22.8 Å². The molecule has 0 spiro atoms. The van der Waals surface area contributed by atoms with Gasteiger partial charge in [0.2, 0.25) is 0 Å². The molecule has 9 heteroatoms. The average Bonchev–Trinajstić information content (AvgIpc) is 2.94. The first kappa shape index (κ1) is 12.8. The van der Waals surface area contributed by atoms with E-state index in [-0.39, 0.29) is 10.8 Å². The highest BCUT2D eigenvalue weighted by molar-refractivity contribution is 7.14. The lowest BCUT2D eigenvalue weighted by molar-refractivity contribution is -0.170. The number of nitrogens with zero attached hydrogens (tertiary/aromatic N) is 2. The van der Waals surface area contributed by atoms with Crippen molar-refractivity contribution in [3.05, 3.63) is 11.1 Å². The van der Waals surface area contributed by atoms with Crippen molar-refractivity contribution >= 4 is 28.3 Å². The lowest BCUT2D eigenvalue weighted by atomic mass is 10.4. The molecule has 1 fully saturated rings. The molecule has 1 saturated carbocycles. The molecular formula is C9H7F3N2O3S. The Morgan fingerprint density at radius 1 is 1.44 bits per heavy atom. The van der Waals surface area contributed by atoms with Gasteiger partial charge in [-0.3, -0.25) is 9.69 Å². The van der Waals surface area contributed by atoms with Crippen LogP contribution in [0.1, 0.15) is 23.3 Å². The van der Waals surface area contributed by atoms with Crippen molar-refractivity contribution in [1.82, 2.24) is 4.98 Å². The Kier molecular flexibility index (Phi) is 3.01. The van der Waals surface area contributed by atoms with Crippen LogP contribution in [0.25, 0.3) is 0 Å². The maximum Gasteiger partial charge on any atom is 0.471 e. The number of carbonyl (C=O) groups excluding carboxylic acids is 1. The number of amides is 1. The number of halogens is 3. The van der Waals surface area contributed by atoms with Crippen LogP contribution in [0.15, 0.2) is 5.38 Å². The number of hydrogen-bond donors (Lipinski definition) is 1. The van der Waals surface area contributed by atoms with Crippen molar-refractivity contribution in [1.29, 1.82) is 0 Å². The molecule has 1 aromatic rings. The Morgan fingerprint density at radius 3 is 2.44 bits per heavy atom. The summed E-state index contributed by atoms with van der Waals surface area (Å²) >= 11 is 0.712. The van der Waals surface area contributed by atoms with Crippen LogP contribution in [-0.2, 0) is 4.79 Å². The van der Waals surface area contributed by atoms with E-state index in [0.29, 0.717) is 29.1 Å². The van der Waals surface area contributed by atoms with Crippen LogP contribution in [0.3, 0.4) is 0 Å². The second-order valence-corrected chi connectivity index (χ2v) is 4.56. The Balaban J connectivity index is 2.30. The monoisotopic (exact) mass is 280 g/mol. The maximum atomic E-state index is 12.4. The third-order valence-corrected chi connectivity index (χ3v) is 3.13. The first-order chi connectivity index (χ1) is 8.30. The van der Waals surface area contributed by atoms with Crippen LogP contribution >= 0.6 is 11.3 Å². The molecule has 1 heterocycles. The Morgan fingerprint density at radius 2 is 2.06 bits per heavy atom. The molecule has 1 N–H and O–H groups in total. The topological polar surface area (TPSA) is 70.5 Å². The summed E-state index contributed by atoms with van der Waals surface area (Å²) < 4.78 is 37.2. The summed E-state index contributed by atoms with van der Waals surface area (Å²) in [6.45, 7) is 0. The molecule has 0 atom stereocenters. The van der Waals surface area contributed by atoms with Gasteiger partial charge in [0.05, 0.1) is 0 Å². The zero-order chi connectivity index (χ0) is 13.5. The minimum Gasteiger partial charge on any atom is -0.476 e. The third-order valence-electron chi connectivity index (χ3n) is 2.29. The van der Waals surface area contributed by atoms with Crippen molar-refractivity contribution in [3.8, 4) is 0 Å². The number of aromatic carboxylic acids is 1. The van der Waals surface area contributed by atoms with Gasteiger partial charge in [0, 0.05) is 11.4 Å². The van der Waals surface area contributed by atoms with E-state index in [4.69, 9.17) is 5.11 Å². The number of carboxylic acid groups (broad SMARTS) is 1. The van der Waals surface area contributed by atoms with Gasteiger partial charge in [-0.05, 0) is 12.8 Å². The van der Waals surface area contributed by atoms with Crippen molar-refractivity contribution in [2.75, 3.05) is 4.90 Å². The van der Waals surface area contributed by atoms with Crippen LogP contribution in [0, 0.1) is 0 Å². The summed E-state index contributed by atoms with van der Waals surface area (Å²) in [6.07, 6.45) is -4.06. The second-order valence-electron chi connectivity index (χ2n) is 3.72. The molecule has 0 radical (unpaired) electrons. The Labute approximate surface area is 103 Å². The fourth-order valence-corrected chi connectivity index (χ4v) is 2.22. The van der Waals surface area contributed by atoms with Gasteiger partial charge in [0.1, 0.15) is 0 Å². The molecule has 5 nitrogen and oxygen atoms in total. The van der Waals surface area contributed by atoms with E-state index in [1.165, 1.54) is 0 Å². The molecular weight excluding hydrogens is 273 g/mol. The lowest BCUT2D eigenvalue weighted by Gasteiger charge is -2.20. The molecule has 2 rings (SSSR count). The largest absolute Gasteiger partial charge is 0.476 e. The van der Waals surface area contributed by atoms with Crippen molar-refractivity contribution < 1.29 is 27.9 Å². The van der Waals surface area contributed by atoms with Crippen LogP contribution in [0.4, 0.5) is 18.3 Å². The summed E-state index contributed by atoms with van der Waals surface area (Å²) in [4.78, 5) is 25.9. The third kappa shape index (κ3) is 2.45. The maximum absolute atomic E-state index is 12.4. The molecule has 0 saturated heterocycles. The quantitative estimate of drug-likeness (QED) is 0.918. The van der Waals surface area contributed by atoms with Gasteiger partial charge < -0.3 is 5.11 Å². The Bertz CT molecular complexity index is 495. The highest BCUT2D eigenvalue weighted by atomic mass is 32.1. The first-order valence-corrected chi connectivity index (χ1v) is 5.78. The minimum absolute atomic E-state index is 0.225. The van der Waals surface area contributed by atoms with E-state index in [1.807, 2.05) is 0 Å². The highest BCUT2D eigenvalue weighted by Crippen LogP contribution is 2.36. The molecule has 0 unspecified atom stereocenters. The summed E-state index contributed by atoms with van der Waals surface area (Å²) in [5.41, 5.74) is -0.365. The predicted octanol–water partition coefficient (Wildman–Crippen LogP) is 1.90. The lowest BCUT2D eigenvalue weighted by Crippen LogP contribution is -2.42. The van der Waals surface area contributed by atoms with E-state index >= 15 is 0 Å².